The van der Waals surface area contributed by atoms with Gasteiger partial charge < -0.3 is 11.1 Å². The minimum atomic E-state index is -0.643. The summed E-state index contributed by atoms with van der Waals surface area (Å²) in [4.78, 5) is 21.7. The van der Waals surface area contributed by atoms with E-state index in [4.69, 9.17) is 5.73 Å². The van der Waals surface area contributed by atoms with Gasteiger partial charge in [0.2, 0.25) is 11.8 Å². The molecule has 0 spiro atoms. The number of nitrogens with one attached hydrogen (secondary N) is 1. The minimum absolute atomic E-state index is 0.373. The zero-order valence-corrected chi connectivity index (χ0v) is 9.28. The highest BCUT2D eigenvalue weighted by atomic mass is 16.2. The van der Waals surface area contributed by atoms with E-state index in [9.17, 15) is 9.59 Å². The van der Waals surface area contributed by atoms with Gasteiger partial charge in [0.05, 0.1) is 0 Å². The monoisotopic (exact) mass is 218 g/mol. The molecule has 0 aliphatic rings. The quantitative estimate of drug-likeness (QED) is 0.750. The summed E-state index contributed by atoms with van der Waals surface area (Å²) in [6.45, 7) is 3.96. The maximum atomic E-state index is 11.3. The number of amides is 2. The molecule has 0 saturated heterocycles. The van der Waals surface area contributed by atoms with E-state index >= 15 is 0 Å². The highest BCUT2D eigenvalue weighted by molar-refractivity contribution is 6.03. The average molecular weight is 218 g/mol. The van der Waals surface area contributed by atoms with Gasteiger partial charge in [-0.2, -0.15) is 0 Å². The van der Waals surface area contributed by atoms with Crippen LogP contribution in [-0.4, -0.2) is 11.8 Å². The predicted octanol–water partition coefficient (Wildman–Crippen LogP) is 1.28. The van der Waals surface area contributed by atoms with Crippen molar-refractivity contribution in [3.63, 3.8) is 0 Å². The third-order valence-corrected chi connectivity index (χ3v) is 2.17. The smallest absolute Gasteiger partial charge is 0.248 e. The molecular formula is C12H14N2O2. The Morgan fingerprint density at radius 3 is 2.44 bits per heavy atom. The summed E-state index contributed by atoms with van der Waals surface area (Å²) in [5, 5.41) is 2.63. The van der Waals surface area contributed by atoms with Gasteiger partial charge in [0.1, 0.15) is 0 Å². The van der Waals surface area contributed by atoms with Crippen LogP contribution in [0.5, 0.6) is 0 Å². The second-order valence-corrected chi connectivity index (χ2v) is 3.52. The van der Waals surface area contributed by atoms with Crippen LogP contribution in [-0.2, 0) is 9.59 Å². The SMILES string of the molecule is Cc1ccc(NC(=O)C=CC(N)=O)cc1C. The van der Waals surface area contributed by atoms with Crippen molar-refractivity contribution < 1.29 is 9.59 Å². The number of aryl methyl sites for hydroxylation is 2. The van der Waals surface area contributed by atoms with E-state index in [-0.39, 0.29) is 5.91 Å². The number of hydrogen-bond donors (Lipinski definition) is 2. The fourth-order valence-corrected chi connectivity index (χ4v) is 1.16. The summed E-state index contributed by atoms with van der Waals surface area (Å²) in [7, 11) is 0. The zero-order chi connectivity index (χ0) is 12.1. The maximum absolute atomic E-state index is 11.3. The minimum Gasteiger partial charge on any atom is -0.366 e. The van der Waals surface area contributed by atoms with Crippen molar-refractivity contribution in [2.45, 2.75) is 13.8 Å². The molecule has 1 aromatic carbocycles. The third-order valence-electron chi connectivity index (χ3n) is 2.17. The Bertz CT molecular complexity index is 450. The van der Waals surface area contributed by atoms with Crippen molar-refractivity contribution in [3.05, 3.63) is 41.5 Å². The van der Waals surface area contributed by atoms with Crippen LogP contribution in [0.2, 0.25) is 0 Å². The Morgan fingerprint density at radius 1 is 1.19 bits per heavy atom. The van der Waals surface area contributed by atoms with Gasteiger partial charge in [-0.15, -0.1) is 0 Å². The molecule has 0 aromatic heterocycles. The van der Waals surface area contributed by atoms with Gasteiger partial charge in [-0.1, -0.05) is 6.07 Å². The topological polar surface area (TPSA) is 72.2 Å². The van der Waals surface area contributed by atoms with Gasteiger partial charge in [-0.3, -0.25) is 9.59 Å². The summed E-state index contributed by atoms with van der Waals surface area (Å²) < 4.78 is 0. The standard InChI is InChI=1S/C12H14N2O2/c1-8-3-4-10(7-9(8)2)14-12(16)6-5-11(13)15/h3-7H,1-2H3,(H2,13,15)(H,14,16). The van der Waals surface area contributed by atoms with E-state index < -0.39 is 5.91 Å². The maximum Gasteiger partial charge on any atom is 0.248 e. The lowest BCUT2D eigenvalue weighted by Crippen LogP contribution is -2.11. The Kier molecular flexibility index (Phi) is 3.83. The Hall–Kier alpha value is -2.10. The van der Waals surface area contributed by atoms with Crippen LogP contribution >= 0.6 is 0 Å². The first-order valence-electron chi connectivity index (χ1n) is 4.85. The molecule has 0 radical (unpaired) electrons. The first-order valence-corrected chi connectivity index (χ1v) is 4.85. The van der Waals surface area contributed by atoms with Crippen LogP contribution in [0, 0.1) is 13.8 Å². The van der Waals surface area contributed by atoms with E-state index in [0.29, 0.717) is 5.69 Å². The number of nitrogens with two attached hydrogens (primary N) is 1. The number of anilines is 1. The van der Waals surface area contributed by atoms with Crippen molar-refractivity contribution >= 4 is 17.5 Å². The largest absolute Gasteiger partial charge is 0.366 e. The highest BCUT2D eigenvalue weighted by Gasteiger charge is 1.99. The number of hydrogen-bond acceptors (Lipinski definition) is 2. The molecule has 0 aliphatic carbocycles. The second-order valence-electron chi connectivity index (χ2n) is 3.52. The first kappa shape index (κ1) is 12.0. The highest BCUT2D eigenvalue weighted by Crippen LogP contribution is 2.13. The van der Waals surface area contributed by atoms with Gasteiger partial charge in [-0.05, 0) is 37.1 Å². The summed E-state index contributed by atoms with van der Waals surface area (Å²) in [6, 6.07) is 5.59. The van der Waals surface area contributed by atoms with Crippen molar-refractivity contribution in [1.82, 2.24) is 0 Å². The molecule has 4 nitrogen and oxygen atoms in total. The summed E-state index contributed by atoms with van der Waals surface area (Å²) in [5.41, 5.74) is 7.82. The van der Waals surface area contributed by atoms with Gasteiger partial charge in [0, 0.05) is 17.8 Å². The molecule has 0 atom stereocenters. The van der Waals surface area contributed by atoms with Gasteiger partial charge >= 0.3 is 0 Å². The van der Waals surface area contributed by atoms with Crippen LogP contribution in [0.4, 0.5) is 5.69 Å². The average Bonchev–Trinajstić information content (AvgIpc) is 2.21. The summed E-state index contributed by atoms with van der Waals surface area (Å²) >= 11 is 0. The normalized spacial score (nSPS) is 10.4. The van der Waals surface area contributed by atoms with E-state index in [1.54, 1.807) is 6.07 Å². The van der Waals surface area contributed by atoms with Crippen molar-refractivity contribution in [2.24, 2.45) is 5.73 Å². The summed E-state index contributed by atoms with van der Waals surface area (Å²) in [6.07, 6.45) is 2.13. The lowest BCUT2D eigenvalue weighted by Gasteiger charge is -2.05. The fourth-order valence-electron chi connectivity index (χ4n) is 1.16. The van der Waals surface area contributed by atoms with Crippen LogP contribution in [0.15, 0.2) is 30.4 Å². The molecule has 0 aliphatic heterocycles. The summed E-state index contributed by atoms with van der Waals surface area (Å²) in [5.74, 6) is -1.02. The number of rotatable bonds is 3. The number of carbonyl (C=O) groups is 2. The van der Waals surface area contributed by atoms with Crippen LogP contribution in [0.3, 0.4) is 0 Å². The Morgan fingerprint density at radius 2 is 1.88 bits per heavy atom. The fraction of sp³-hybridized carbons (Fsp3) is 0.167. The third kappa shape index (κ3) is 3.57. The molecule has 0 fully saturated rings. The Labute approximate surface area is 94.1 Å². The first-order chi connectivity index (χ1) is 7.49. The van der Waals surface area contributed by atoms with E-state index in [1.807, 2.05) is 26.0 Å². The molecule has 1 aromatic rings. The van der Waals surface area contributed by atoms with E-state index in [2.05, 4.69) is 5.32 Å². The number of carbonyl (C=O) groups excluding carboxylic acids is 2. The molecule has 1 rings (SSSR count). The molecule has 0 saturated carbocycles. The van der Waals surface area contributed by atoms with Crippen molar-refractivity contribution in [3.8, 4) is 0 Å². The zero-order valence-electron chi connectivity index (χ0n) is 9.28. The van der Waals surface area contributed by atoms with Crippen molar-refractivity contribution in [2.75, 3.05) is 5.32 Å². The van der Waals surface area contributed by atoms with Crippen molar-refractivity contribution in [1.29, 1.82) is 0 Å². The number of primary amides is 1. The molecule has 0 unspecified atom stereocenters. The molecule has 4 heteroatoms. The lowest BCUT2D eigenvalue weighted by atomic mass is 10.1. The van der Waals surface area contributed by atoms with E-state index in [1.165, 1.54) is 0 Å². The molecule has 2 amide bonds. The van der Waals surface area contributed by atoms with E-state index in [0.717, 1.165) is 23.3 Å². The Balaban J connectivity index is 2.70. The van der Waals surface area contributed by atoms with Gasteiger partial charge in [0.15, 0.2) is 0 Å². The number of benzene rings is 1. The molecule has 84 valence electrons. The van der Waals surface area contributed by atoms with Gasteiger partial charge in [-0.25, -0.2) is 0 Å². The van der Waals surface area contributed by atoms with Gasteiger partial charge in [0.25, 0.3) is 0 Å². The molecule has 0 bridgehead atoms. The molecular weight excluding hydrogens is 204 g/mol. The second kappa shape index (κ2) is 5.11. The van der Waals surface area contributed by atoms with Crippen LogP contribution < -0.4 is 11.1 Å². The van der Waals surface area contributed by atoms with Crippen LogP contribution in [0.1, 0.15) is 11.1 Å². The molecule has 16 heavy (non-hydrogen) atoms. The molecule has 0 heterocycles. The lowest BCUT2D eigenvalue weighted by molar-refractivity contribution is -0.115. The molecule has 3 N–H and O–H groups in total. The predicted molar refractivity (Wildman–Crippen MR) is 62.9 cm³/mol. The van der Waals surface area contributed by atoms with Crippen LogP contribution in [0.25, 0.3) is 0 Å².